The van der Waals surface area contributed by atoms with Gasteiger partial charge < -0.3 is 5.32 Å². The molecule has 2 fully saturated rings. The van der Waals surface area contributed by atoms with Crippen LogP contribution in [0.4, 0.5) is 5.82 Å². The van der Waals surface area contributed by atoms with E-state index in [-0.39, 0.29) is 0 Å². The number of hydrogen-bond donors (Lipinski definition) is 1. The van der Waals surface area contributed by atoms with E-state index < -0.39 is 0 Å². The van der Waals surface area contributed by atoms with Gasteiger partial charge in [-0.1, -0.05) is 37.8 Å². The van der Waals surface area contributed by atoms with Crippen LogP contribution in [-0.4, -0.2) is 16.5 Å². The summed E-state index contributed by atoms with van der Waals surface area (Å²) in [6.07, 6.45) is 7.87. The molecule has 1 N–H and O–H groups in total. The normalized spacial score (nSPS) is 26.6. The van der Waals surface area contributed by atoms with Crippen LogP contribution in [-0.2, 0) is 0 Å². The van der Waals surface area contributed by atoms with Gasteiger partial charge in [-0.2, -0.15) is 0 Å². The summed E-state index contributed by atoms with van der Waals surface area (Å²) in [6.45, 7) is 5.39. The van der Waals surface area contributed by atoms with E-state index >= 15 is 0 Å². The summed E-state index contributed by atoms with van der Waals surface area (Å²) < 4.78 is 0. The second kappa shape index (κ2) is 5.88. The number of nitrogens with zero attached hydrogens (tertiary/aromatic N) is 2. The van der Waals surface area contributed by atoms with E-state index in [4.69, 9.17) is 16.6 Å². The minimum atomic E-state index is 0.544. The van der Waals surface area contributed by atoms with Crippen LogP contribution in [0.25, 0.3) is 0 Å². The van der Waals surface area contributed by atoms with Crippen LogP contribution in [0.15, 0.2) is 0 Å². The SMILES string of the molecule is Cc1c(Cl)nc(C2CC2)nc1NCC1CCCCC1C. The third-order valence-corrected chi connectivity index (χ3v) is 5.24. The predicted octanol–water partition coefficient (Wildman–Crippen LogP) is 4.55. The lowest BCUT2D eigenvalue weighted by molar-refractivity contribution is 0.268. The Hall–Kier alpha value is -0.830. The molecule has 2 saturated carbocycles. The summed E-state index contributed by atoms with van der Waals surface area (Å²) in [7, 11) is 0. The van der Waals surface area contributed by atoms with E-state index in [1.165, 1.54) is 38.5 Å². The monoisotopic (exact) mass is 293 g/mol. The molecular weight excluding hydrogens is 270 g/mol. The topological polar surface area (TPSA) is 37.8 Å². The van der Waals surface area contributed by atoms with Gasteiger partial charge in [-0.05, 0) is 38.0 Å². The fraction of sp³-hybridized carbons (Fsp3) is 0.750. The first-order valence-corrected chi connectivity index (χ1v) is 8.31. The van der Waals surface area contributed by atoms with Gasteiger partial charge in [0.25, 0.3) is 0 Å². The highest BCUT2D eigenvalue weighted by Crippen LogP contribution is 2.39. The van der Waals surface area contributed by atoms with Gasteiger partial charge >= 0.3 is 0 Å². The highest BCUT2D eigenvalue weighted by molar-refractivity contribution is 6.30. The van der Waals surface area contributed by atoms with Gasteiger partial charge in [0.2, 0.25) is 0 Å². The maximum Gasteiger partial charge on any atom is 0.137 e. The van der Waals surface area contributed by atoms with E-state index in [1.54, 1.807) is 0 Å². The molecule has 2 unspecified atom stereocenters. The Morgan fingerprint density at radius 2 is 1.90 bits per heavy atom. The van der Waals surface area contributed by atoms with Gasteiger partial charge in [-0.3, -0.25) is 0 Å². The number of hydrogen-bond acceptors (Lipinski definition) is 3. The molecule has 0 amide bonds. The average Bonchev–Trinajstić information content (AvgIpc) is 3.26. The van der Waals surface area contributed by atoms with Gasteiger partial charge in [-0.15, -0.1) is 0 Å². The molecule has 2 aliphatic carbocycles. The molecular formula is C16H24ClN3. The Balaban J connectivity index is 1.69. The van der Waals surface area contributed by atoms with Crippen LogP contribution in [0, 0.1) is 18.8 Å². The van der Waals surface area contributed by atoms with Gasteiger partial charge in [0.05, 0.1) is 0 Å². The molecule has 2 aliphatic rings. The van der Waals surface area contributed by atoms with Gasteiger partial charge in [0.1, 0.15) is 16.8 Å². The highest BCUT2D eigenvalue weighted by Gasteiger charge is 2.28. The van der Waals surface area contributed by atoms with E-state index in [1.807, 2.05) is 6.92 Å². The number of nitrogens with one attached hydrogen (secondary N) is 1. The molecule has 1 aromatic heterocycles. The first-order valence-electron chi connectivity index (χ1n) is 7.93. The smallest absolute Gasteiger partial charge is 0.137 e. The van der Waals surface area contributed by atoms with Gasteiger partial charge in [0.15, 0.2) is 0 Å². The molecule has 2 atom stereocenters. The third kappa shape index (κ3) is 3.08. The maximum atomic E-state index is 6.25. The second-order valence-corrected chi connectivity index (χ2v) is 6.88. The van der Waals surface area contributed by atoms with Crippen molar-refractivity contribution in [2.24, 2.45) is 11.8 Å². The molecule has 0 spiro atoms. The molecule has 3 nitrogen and oxygen atoms in total. The quantitative estimate of drug-likeness (QED) is 0.827. The zero-order valence-electron chi connectivity index (χ0n) is 12.5. The number of rotatable bonds is 4. The van der Waals surface area contributed by atoms with Crippen molar-refractivity contribution in [2.75, 3.05) is 11.9 Å². The molecule has 0 aromatic carbocycles. The molecule has 0 radical (unpaired) electrons. The van der Waals surface area contributed by atoms with Crippen LogP contribution >= 0.6 is 11.6 Å². The van der Waals surface area contributed by atoms with E-state index in [2.05, 4.69) is 17.2 Å². The second-order valence-electron chi connectivity index (χ2n) is 6.52. The lowest BCUT2D eigenvalue weighted by atomic mass is 9.80. The Labute approximate surface area is 126 Å². The van der Waals surface area contributed by atoms with Crippen molar-refractivity contribution in [3.8, 4) is 0 Å². The predicted molar refractivity (Wildman–Crippen MR) is 83.4 cm³/mol. The third-order valence-electron chi connectivity index (χ3n) is 4.87. The molecule has 110 valence electrons. The Morgan fingerprint density at radius 3 is 2.60 bits per heavy atom. The summed E-state index contributed by atoms with van der Waals surface area (Å²) in [5.74, 6) is 4.00. The molecule has 20 heavy (non-hydrogen) atoms. The van der Waals surface area contributed by atoms with Crippen molar-refractivity contribution in [2.45, 2.75) is 58.3 Å². The zero-order valence-corrected chi connectivity index (χ0v) is 13.2. The minimum Gasteiger partial charge on any atom is -0.369 e. The Bertz CT molecular complexity index is 485. The van der Waals surface area contributed by atoms with Crippen LogP contribution in [0.2, 0.25) is 5.15 Å². The maximum absolute atomic E-state index is 6.25. The first-order chi connectivity index (χ1) is 9.65. The lowest BCUT2D eigenvalue weighted by Crippen LogP contribution is -2.25. The van der Waals surface area contributed by atoms with Crippen molar-refractivity contribution in [3.05, 3.63) is 16.5 Å². The number of halogens is 1. The van der Waals surface area contributed by atoms with E-state index in [9.17, 15) is 0 Å². The van der Waals surface area contributed by atoms with Crippen molar-refractivity contribution in [1.29, 1.82) is 0 Å². The molecule has 0 saturated heterocycles. The summed E-state index contributed by atoms with van der Waals surface area (Å²) >= 11 is 6.25. The van der Waals surface area contributed by atoms with Crippen LogP contribution in [0.3, 0.4) is 0 Å². The number of aromatic nitrogens is 2. The molecule has 0 bridgehead atoms. The van der Waals surface area contributed by atoms with Crippen molar-refractivity contribution in [3.63, 3.8) is 0 Å². The summed E-state index contributed by atoms with van der Waals surface area (Å²) in [4.78, 5) is 9.12. The fourth-order valence-electron chi connectivity index (χ4n) is 3.13. The van der Waals surface area contributed by atoms with Crippen molar-refractivity contribution in [1.82, 2.24) is 9.97 Å². The molecule has 1 heterocycles. The van der Waals surface area contributed by atoms with E-state index in [0.717, 1.165) is 35.6 Å². The molecule has 1 aromatic rings. The van der Waals surface area contributed by atoms with Crippen molar-refractivity contribution < 1.29 is 0 Å². The lowest BCUT2D eigenvalue weighted by Gasteiger charge is -2.29. The standard InChI is InChI=1S/C16H24ClN3/c1-10-5-3-4-6-13(10)9-18-15-11(2)14(17)19-16(20-15)12-7-8-12/h10,12-13H,3-9H2,1-2H3,(H,18,19,20). The Morgan fingerprint density at radius 1 is 1.15 bits per heavy atom. The first kappa shape index (κ1) is 14.1. The van der Waals surface area contributed by atoms with Crippen molar-refractivity contribution >= 4 is 17.4 Å². The minimum absolute atomic E-state index is 0.544. The van der Waals surface area contributed by atoms with Crippen LogP contribution in [0.1, 0.15) is 62.8 Å². The molecule has 4 heteroatoms. The van der Waals surface area contributed by atoms with Gasteiger partial charge in [0, 0.05) is 18.0 Å². The highest BCUT2D eigenvalue weighted by atomic mass is 35.5. The largest absolute Gasteiger partial charge is 0.369 e. The number of anilines is 1. The van der Waals surface area contributed by atoms with Crippen LogP contribution < -0.4 is 5.32 Å². The average molecular weight is 294 g/mol. The molecule has 3 rings (SSSR count). The van der Waals surface area contributed by atoms with E-state index in [0.29, 0.717) is 11.1 Å². The van der Waals surface area contributed by atoms with Crippen LogP contribution in [0.5, 0.6) is 0 Å². The Kier molecular flexibility index (Phi) is 4.16. The fourth-order valence-corrected chi connectivity index (χ4v) is 3.30. The molecule has 0 aliphatic heterocycles. The zero-order chi connectivity index (χ0) is 14.1. The summed E-state index contributed by atoms with van der Waals surface area (Å²) in [5, 5.41) is 4.15. The summed E-state index contributed by atoms with van der Waals surface area (Å²) in [5.41, 5.74) is 0.986. The summed E-state index contributed by atoms with van der Waals surface area (Å²) in [6, 6.07) is 0. The van der Waals surface area contributed by atoms with Gasteiger partial charge in [-0.25, -0.2) is 9.97 Å².